The zero-order chi connectivity index (χ0) is 26.4. The Morgan fingerprint density at radius 3 is 0.806 bits per heavy atom. The standard InChI is InChI=1S/C24H16Cl8O4/c1-33-23(34-2)19(29)11-5-9(6-12(11)20(23,30)16(26)15(19)25)10-7-13-14(8-10)22(32)18(28)17(27)21(13,31)24(22,35-3)36-4/h5-8H,1-4H3/t19-,20?,21+,22?. The van der Waals surface area contributed by atoms with Crippen molar-refractivity contribution in [3.8, 4) is 0 Å². The van der Waals surface area contributed by atoms with Gasteiger partial charge in [-0.2, -0.15) is 0 Å². The summed E-state index contributed by atoms with van der Waals surface area (Å²) in [4.78, 5) is -5.85. The molecule has 0 aromatic carbocycles. The molecule has 0 spiro atoms. The maximum Gasteiger partial charge on any atom is 0.225 e. The number of hydrogen-bond acceptors (Lipinski definition) is 4. The Morgan fingerprint density at radius 2 is 0.639 bits per heavy atom. The highest BCUT2D eigenvalue weighted by Crippen LogP contribution is 2.76. The third-order valence-corrected chi connectivity index (χ3v) is 13.2. The van der Waals surface area contributed by atoms with Crippen LogP contribution in [-0.4, -0.2) is 59.5 Å². The van der Waals surface area contributed by atoms with Gasteiger partial charge in [0.2, 0.25) is 11.6 Å². The minimum atomic E-state index is -1.55. The van der Waals surface area contributed by atoms with Crippen LogP contribution in [0, 0.1) is 0 Å². The van der Waals surface area contributed by atoms with Crippen molar-refractivity contribution in [2.24, 2.45) is 0 Å². The van der Waals surface area contributed by atoms with Gasteiger partial charge in [-0.25, -0.2) is 0 Å². The lowest BCUT2D eigenvalue weighted by Gasteiger charge is -2.40. The molecule has 36 heavy (non-hydrogen) atoms. The quantitative estimate of drug-likeness (QED) is 0.236. The monoisotopic (exact) mass is 648 g/mol. The fraction of sp³-hybridized carbons (Fsp3) is 0.417. The number of hydrogen-bond donors (Lipinski definition) is 0. The maximum atomic E-state index is 7.15. The van der Waals surface area contributed by atoms with Crippen LogP contribution in [0.25, 0.3) is 0 Å². The van der Waals surface area contributed by atoms with Gasteiger partial charge in [0.1, 0.15) is 0 Å². The summed E-state index contributed by atoms with van der Waals surface area (Å²) in [5, 5.41) is 0.572. The summed E-state index contributed by atoms with van der Waals surface area (Å²) in [5.74, 6) is -3.09. The molecule has 4 atom stereocenters. The molecule has 4 bridgehead atoms. The number of halogens is 8. The van der Waals surface area contributed by atoms with E-state index in [-0.39, 0.29) is 20.1 Å². The van der Waals surface area contributed by atoms with Gasteiger partial charge >= 0.3 is 0 Å². The Hall–Kier alpha value is 0.340. The van der Waals surface area contributed by atoms with Crippen molar-refractivity contribution >= 4 is 92.8 Å². The summed E-state index contributed by atoms with van der Waals surface area (Å²) >= 11 is 55.1. The lowest BCUT2D eigenvalue weighted by Crippen LogP contribution is -2.56. The second-order valence-electron chi connectivity index (χ2n) is 9.08. The molecule has 6 rings (SSSR count). The summed E-state index contributed by atoms with van der Waals surface area (Å²) < 4.78 is 23.0. The second kappa shape index (κ2) is 7.54. The molecule has 0 N–H and O–H groups in total. The minimum absolute atomic E-state index is 0.143. The normalized spacial score (nSPS) is 42.8. The zero-order valence-corrected chi connectivity index (χ0v) is 25.0. The molecule has 6 aliphatic rings. The average molecular weight is 652 g/mol. The molecule has 2 saturated carbocycles. The first-order chi connectivity index (χ1) is 16.8. The van der Waals surface area contributed by atoms with Gasteiger partial charge in [0.25, 0.3) is 0 Å². The zero-order valence-electron chi connectivity index (χ0n) is 19.0. The van der Waals surface area contributed by atoms with E-state index in [4.69, 9.17) is 112 Å². The Labute approximate surface area is 247 Å². The Bertz CT molecular complexity index is 1200. The first kappa shape index (κ1) is 26.6. The third kappa shape index (κ3) is 2.18. The highest BCUT2D eigenvalue weighted by Gasteiger charge is 2.83. The smallest absolute Gasteiger partial charge is 0.225 e. The highest BCUT2D eigenvalue weighted by atomic mass is 35.5. The number of ether oxygens (including phenoxy) is 4. The van der Waals surface area contributed by atoms with E-state index in [0.29, 0.717) is 22.3 Å². The van der Waals surface area contributed by atoms with Crippen LogP contribution in [0.5, 0.6) is 0 Å². The number of allylic oxidation sites excluding steroid dienone is 6. The first-order valence-corrected chi connectivity index (χ1v) is 13.5. The Kier molecular flexibility index (Phi) is 5.56. The van der Waals surface area contributed by atoms with Gasteiger partial charge in [-0.3, -0.25) is 0 Å². The third-order valence-electron chi connectivity index (χ3n) is 8.16. The SMILES string of the molecule is COC1(OC)C2(Cl)C3=CC(=C4C=C5C(=C4)[C@]4(Cl)C(Cl)=C(Cl)C5(Cl)C4(OC)OC)C=C3[C@@]1(Cl)C(Cl)=C2Cl. The van der Waals surface area contributed by atoms with Crippen LogP contribution < -0.4 is 0 Å². The molecule has 0 aromatic rings. The van der Waals surface area contributed by atoms with E-state index in [0.717, 1.165) is 11.1 Å². The van der Waals surface area contributed by atoms with Gasteiger partial charge in [-0.1, -0.05) is 46.4 Å². The second-order valence-corrected chi connectivity index (χ2v) is 12.9. The van der Waals surface area contributed by atoms with Crippen molar-refractivity contribution in [2.75, 3.05) is 28.4 Å². The van der Waals surface area contributed by atoms with E-state index in [1.165, 1.54) is 28.4 Å². The Balaban J connectivity index is 1.56. The molecule has 0 amide bonds. The van der Waals surface area contributed by atoms with E-state index in [2.05, 4.69) is 0 Å². The maximum absolute atomic E-state index is 7.15. The summed E-state index contributed by atoms with van der Waals surface area (Å²) in [6.07, 6.45) is 7.48. The molecule has 12 heteroatoms. The van der Waals surface area contributed by atoms with Crippen molar-refractivity contribution in [1.82, 2.24) is 0 Å². The molecular formula is C24H16Cl8O4. The van der Waals surface area contributed by atoms with Crippen molar-refractivity contribution in [2.45, 2.75) is 31.1 Å². The highest BCUT2D eigenvalue weighted by molar-refractivity contribution is 6.55. The van der Waals surface area contributed by atoms with Gasteiger partial charge < -0.3 is 18.9 Å². The van der Waals surface area contributed by atoms with Crippen LogP contribution in [0.3, 0.4) is 0 Å². The number of rotatable bonds is 4. The molecule has 0 radical (unpaired) electrons. The largest absolute Gasteiger partial charge is 0.349 e. The van der Waals surface area contributed by atoms with E-state index in [9.17, 15) is 0 Å². The molecular weight excluding hydrogens is 636 g/mol. The van der Waals surface area contributed by atoms with Gasteiger partial charge in [-0.05, 0) is 57.7 Å². The fourth-order valence-electron chi connectivity index (χ4n) is 6.62. The van der Waals surface area contributed by atoms with Crippen molar-refractivity contribution < 1.29 is 18.9 Å². The lowest BCUT2D eigenvalue weighted by atomic mass is 9.96. The lowest BCUT2D eigenvalue weighted by molar-refractivity contribution is -0.211. The summed E-state index contributed by atoms with van der Waals surface area (Å²) in [6, 6.07) is 0. The number of methoxy groups -OCH3 is 4. The molecule has 0 aromatic heterocycles. The molecule has 192 valence electrons. The number of fused-ring (bicyclic) bond motifs is 10. The minimum Gasteiger partial charge on any atom is -0.349 e. The molecule has 4 nitrogen and oxygen atoms in total. The van der Waals surface area contributed by atoms with E-state index >= 15 is 0 Å². The predicted octanol–water partition coefficient (Wildman–Crippen LogP) is 7.34. The van der Waals surface area contributed by atoms with E-state index < -0.39 is 31.1 Å². The molecule has 2 fully saturated rings. The fourth-order valence-corrected chi connectivity index (χ4v) is 10.6. The Morgan fingerprint density at radius 1 is 0.444 bits per heavy atom. The van der Waals surface area contributed by atoms with Crippen molar-refractivity contribution in [3.63, 3.8) is 0 Å². The predicted molar refractivity (Wildman–Crippen MR) is 145 cm³/mol. The van der Waals surface area contributed by atoms with Crippen molar-refractivity contribution in [1.29, 1.82) is 0 Å². The van der Waals surface area contributed by atoms with Gasteiger partial charge in [0, 0.05) is 28.4 Å². The average Bonchev–Trinajstić information content (AvgIpc) is 3.62. The van der Waals surface area contributed by atoms with Crippen LogP contribution in [0.15, 0.2) is 77.9 Å². The molecule has 0 heterocycles. The summed E-state index contributed by atoms with van der Waals surface area (Å²) in [5.41, 5.74) is 4.03. The molecule has 0 saturated heterocycles. The topological polar surface area (TPSA) is 36.9 Å². The molecule has 0 aliphatic heterocycles. The van der Waals surface area contributed by atoms with Crippen LogP contribution >= 0.6 is 92.8 Å². The van der Waals surface area contributed by atoms with Gasteiger partial charge in [-0.15, -0.1) is 46.4 Å². The summed E-state index contributed by atoms with van der Waals surface area (Å²) in [6.45, 7) is 0. The van der Waals surface area contributed by atoms with Gasteiger partial charge in [0.15, 0.2) is 19.5 Å². The van der Waals surface area contributed by atoms with E-state index in [1.54, 1.807) is 0 Å². The van der Waals surface area contributed by atoms with Crippen molar-refractivity contribution in [3.05, 3.63) is 77.9 Å². The van der Waals surface area contributed by atoms with Crippen LogP contribution in [0.2, 0.25) is 0 Å². The molecule has 2 unspecified atom stereocenters. The van der Waals surface area contributed by atoms with Crippen LogP contribution in [0.4, 0.5) is 0 Å². The summed E-state index contributed by atoms with van der Waals surface area (Å²) in [7, 11) is 5.78. The number of alkyl halides is 4. The van der Waals surface area contributed by atoms with Crippen LogP contribution in [-0.2, 0) is 18.9 Å². The van der Waals surface area contributed by atoms with Gasteiger partial charge in [0.05, 0.1) is 20.1 Å². The molecule has 6 aliphatic carbocycles. The van der Waals surface area contributed by atoms with E-state index in [1.807, 2.05) is 24.3 Å². The first-order valence-electron chi connectivity index (χ1n) is 10.5. The van der Waals surface area contributed by atoms with Crippen LogP contribution in [0.1, 0.15) is 0 Å².